The number of benzene rings is 3. The van der Waals surface area contributed by atoms with Gasteiger partial charge in [0, 0.05) is 0 Å². The number of hydrogen-bond donors (Lipinski definition) is 1. The normalized spacial score (nSPS) is 24.7. The maximum absolute atomic E-state index is 10.2. The summed E-state index contributed by atoms with van der Waals surface area (Å²) in [5.74, 6) is 0. The Hall–Kier alpha value is -2.54. The molecule has 0 aliphatic carbocycles. The molecule has 0 amide bonds. The lowest BCUT2D eigenvalue weighted by Gasteiger charge is -2.45. The first-order valence-electron chi connectivity index (χ1n) is 12.0. The van der Waals surface area contributed by atoms with Gasteiger partial charge in [-0.1, -0.05) is 97.9 Å². The van der Waals surface area contributed by atoms with Gasteiger partial charge in [0.15, 0.2) is 0 Å². The van der Waals surface area contributed by atoms with Crippen molar-refractivity contribution in [1.29, 1.82) is 0 Å². The van der Waals surface area contributed by atoms with Gasteiger partial charge >= 0.3 is 0 Å². The largest absolute Gasteiger partial charge is 0.394 e. The van der Waals surface area contributed by atoms with Crippen LogP contribution in [0.2, 0.25) is 0 Å². The van der Waals surface area contributed by atoms with Gasteiger partial charge in [0.1, 0.15) is 24.4 Å². The van der Waals surface area contributed by atoms with Gasteiger partial charge in [0.25, 0.3) is 0 Å². The molecule has 1 saturated heterocycles. The molecule has 0 aromatic heterocycles. The summed E-state index contributed by atoms with van der Waals surface area (Å²) in [6, 6.07) is 30.2. The van der Waals surface area contributed by atoms with Crippen LogP contribution < -0.4 is 0 Å². The Morgan fingerprint density at radius 3 is 1.35 bits per heavy atom. The van der Waals surface area contributed by atoms with Crippen molar-refractivity contribution in [3.8, 4) is 0 Å². The highest BCUT2D eigenvalue weighted by Crippen LogP contribution is 2.31. The van der Waals surface area contributed by atoms with Crippen LogP contribution in [0.4, 0.5) is 0 Å². The Morgan fingerprint density at radius 1 is 0.588 bits per heavy atom. The number of ether oxygens (including phenoxy) is 4. The summed E-state index contributed by atoms with van der Waals surface area (Å²) < 4.78 is 25.6. The van der Waals surface area contributed by atoms with E-state index in [1.54, 1.807) is 0 Å². The first-order valence-corrected chi connectivity index (χ1v) is 12.0. The number of aliphatic hydroxyl groups excluding tert-OH is 1. The highest BCUT2D eigenvalue weighted by Gasteiger charge is 2.47. The molecule has 34 heavy (non-hydrogen) atoms. The highest BCUT2D eigenvalue weighted by molar-refractivity contribution is 5.15. The zero-order valence-corrected chi connectivity index (χ0v) is 19.7. The average molecular weight is 463 g/mol. The zero-order valence-electron chi connectivity index (χ0n) is 19.7. The fourth-order valence-electron chi connectivity index (χ4n) is 4.36. The molecule has 0 saturated carbocycles. The lowest BCUT2D eigenvalue weighted by atomic mass is 9.93. The summed E-state index contributed by atoms with van der Waals surface area (Å²) in [5.41, 5.74) is 3.22. The third-order valence-corrected chi connectivity index (χ3v) is 6.17. The Kier molecular flexibility index (Phi) is 9.25. The second kappa shape index (κ2) is 12.8. The summed E-state index contributed by atoms with van der Waals surface area (Å²) in [6.45, 7) is 3.20. The lowest BCUT2D eigenvalue weighted by molar-refractivity contribution is -0.270. The van der Waals surface area contributed by atoms with Crippen LogP contribution in [0, 0.1) is 0 Å². The van der Waals surface area contributed by atoms with Crippen LogP contribution in [0.15, 0.2) is 91.0 Å². The van der Waals surface area contributed by atoms with Crippen LogP contribution >= 0.6 is 0 Å². The van der Waals surface area contributed by atoms with Crippen molar-refractivity contribution < 1.29 is 24.1 Å². The second-order valence-electron chi connectivity index (χ2n) is 8.59. The minimum atomic E-state index is -0.494. The van der Waals surface area contributed by atoms with E-state index in [0.29, 0.717) is 19.8 Å². The molecule has 1 aliphatic rings. The molecular weight excluding hydrogens is 428 g/mol. The lowest BCUT2D eigenvalue weighted by Crippen LogP contribution is -2.60. The molecule has 4 rings (SSSR count). The molecule has 5 atom stereocenters. The second-order valence-corrected chi connectivity index (χ2v) is 8.59. The predicted molar refractivity (Wildman–Crippen MR) is 131 cm³/mol. The van der Waals surface area contributed by atoms with Gasteiger partial charge < -0.3 is 24.1 Å². The summed E-state index contributed by atoms with van der Waals surface area (Å²) in [4.78, 5) is 0. The van der Waals surface area contributed by atoms with E-state index in [9.17, 15) is 5.11 Å². The molecule has 5 nitrogen and oxygen atoms in total. The van der Waals surface area contributed by atoms with E-state index in [0.717, 1.165) is 23.1 Å². The molecule has 1 heterocycles. The standard InChI is InChI=1S/C29H34O5/c1-2-25-27(31-19-22-12-6-3-7-13-22)29(33-21-24-16-10-5-11-17-24)28(26(18-30)34-25)32-20-23-14-8-4-9-15-23/h3-17,25-30H,2,18-21H2,1H3/t25-,26+,27?,28?,29?/m1/s1. The summed E-state index contributed by atoms with van der Waals surface area (Å²) in [6.07, 6.45) is -1.17. The van der Waals surface area contributed by atoms with Crippen LogP contribution in [0.25, 0.3) is 0 Å². The molecule has 0 radical (unpaired) electrons. The number of rotatable bonds is 11. The first kappa shape index (κ1) is 24.6. The molecule has 180 valence electrons. The van der Waals surface area contributed by atoms with E-state index in [-0.39, 0.29) is 18.8 Å². The zero-order chi connectivity index (χ0) is 23.6. The summed E-state index contributed by atoms with van der Waals surface area (Å²) in [7, 11) is 0. The van der Waals surface area contributed by atoms with Crippen molar-refractivity contribution in [3.05, 3.63) is 108 Å². The van der Waals surface area contributed by atoms with Crippen LogP contribution in [0.3, 0.4) is 0 Å². The molecular formula is C29H34O5. The Labute approximate surface area is 202 Å². The Balaban J connectivity index is 1.56. The average Bonchev–Trinajstić information content (AvgIpc) is 2.91. The van der Waals surface area contributed by atoms with Crippen molar-refractivity contribution in [2.24, 2.45) is 0 Å². The molecule has 3 aromatic rings. The molecule has 1 N–H and O–H groups in total. The van der Waals surface area contributed by atoms with E-state index in [4.69, 9.17) is 18.9 Å². The van der Waals surface area contributed by atoms with Crippen LogP contribution in [-0.4, -0.2) is 42.2 Å². The van der Waals surface area contributed by atoms with Gasteiger partial charge in [-0.15, -0.1) is 0 Å². The van der Waals surface area contributed by atoms with Gasteiger partial charge in [-0.05, 0) is 23.1 Å². The van der Waals surface area contributed by atoms with Gasteiger partial charge in [0.05, 0.1) is 32.5 Å². The van der Waals surface area contributed by atoms with E-state index in [2.05, 4.69) is 6.92 Å². The summed E-state index contributed by atoms with van der Waals surface area (Å²) in [5, 5.41) is 10.2. The quantitative estimate of drug-likeness (QED) is 0.439. The van der Waals surface area contributed by atoms with Gasteiger partial charge in [-0.2, -0.15) is 0 Å². The monoisotopic (exact) mass is 462 g/mol. The number of aliphatic hydroxyl groups is 1. The third-order valence-electron chi connectivity index (χ3n) is 6.17. The third kappa shape index (κ3) is 6.53. The van der Waals surface area contributed by atoms with Crippen molar-refractivity contribution in [2.75, 3.05) is 6.61 Å². The highest BCUT2D eigenvalue weighted by atomic mass is 16.6. The van der Waals surface area contributed by atoms with Gasteiger partial charge in [-0.25, -0.2) is 0 Å². The molecule has 1 fully saturated rings. The van der Waals surface area contributed by atoms with Crippen molar-refractivity contribution in [1.82, 2.24) is 0 Å². The van der Waals surface area contributed by atoms with Crippen LogP contribution in [0.5, 0.6) is 0 Å². The molecule has 5 heteroatoms. The molecule has 0 spiro atoms. The van der Waals surface area contributed by atoms with Crippen LogP contribution in [0.1, 0.15) is 30.0 Å². The smallest absolute Gasteiger partial charge is 0.115 e. The molecule has 0 bridgehead atoms. The van der Waals surface area contributed by atoms with E-state index >= 15 is 0 Å². The minimum absolute atomic E-state index is 0.146. The molecule has 1 aliphatic heterocycles. The maximum atomic E-state index is 10.2. The Morgan fingerprint density at radius 2 is 0.971 bits per heavy atom. The minimum Gasteiger partial charge on any atom is -0.394 e. The molecule has 3 unspecified atom stereocenters. The van der Waals surface area contributed by atoms with E-state index in [1.165, 1.54) is 0 Å². The van der Waals surface area contributed by atoms with E-state index in [1.807, 2.05) is 91.0 Å². The number of hydrogen-bond acceptors (Lipinski definition) is 5. The topological polar surface area (TPSA) is 57.2 Å². The molecule has 3 aromatic carbocycles. The summed E-state index contributed by atoms with van der Waals surface area (Å²) >= 11 is 0. The fraction of sp³-hybridized carbons (Fsp3) is 0.379. The fourth-order valence-corrected chi connectivity index (χ4v) is 4.36. The van der Waals surface area contributed by atoms with E-state index < -0.39 is 18.3 Å². The van der Waals surface area contributed by atoms with Gasteiger partial charge in [-0.3, -0.25) is 0 Å². The Bertz CT molecular complexity index is 893. The van der Waals surface area contributed by atoms with Crippen molar-refractivity contribution in [2.45, 2.75) is 63.7 Å². The van der Waals surface area contributed by atoms with Crippen LogP contribution in [-0.2, 0) is 38.8 Å². The van der Waals surface area contributed by atoms with Gasteiger partial charge in [0.2, 0.25) is 0 Å². The SMILES string of the molecule is CC[C@H]1O[C@@H](CO)C(OCc2ccccc2)C(OCc2ccccc2)C1OCc1ccccc1. The van der Waals surface area contributed by atoms with Crippen molar-refractivity contribution in [3.63, 3.8) is 0 Å². The first-order chi connectivity index (χ1) is 16.8. The maximum Gasteiger partial charge on any atom is 0.115 e. The predicted octanol–water partition coefficient (Wildman–Crippen LogP) is 4.91. The van der Waals surface area contributed by atoms with Crippen molar-refractivity contribution >= 4 is 0 Å².